The lowest BCUT2D eigenvalue weighted by molar-refractivity contribution is -0.131. The van der Waals surface area contributed by atoms with Gasteiger partial charge in [0.05, 0.1) is 24.6 Å². The molecule has 11 nitrogen and oxygen atoms in total. The smallest absolute Gasteiger partial charge is 0.240 e. The van der Waals surface area contributed by atoms with Crippen LogP contribution in [0.25, 0.3) is 10.9 Å². The number of hydrogen-bond acceptors (Lipinski definition) is 9. The summed E-state index contributed by atoms with van der Waals surface area (Å²) in [4.78, 5) is 39.2. The third kappa shape index (κ3) is 7.42. The van der Waals surface area contributed by atoms with Crippen molar-refractivity contribution in [2.45, 2.75) is 19.3 Å². The number of benzene rings is 3. The van der Waals surface area contributed by atoms with E-state index in [-0.39, 0.29) is 17.3 Å². The molecule has 246 valence electrons. The maximum absolute atomic E-state index is 15.2. The largest absolute Gasteiger partial charge is 0.493 e. The molecule has 47 heavy (non-hydrogen) atoms. The van der Waals surface area contributed by atoms with E-state index in [1.54, 1.807) is 12.1 Å². The van der Waals surface area contributed by atoms with Crippen LogP contribution in [-0.4, -0.2) is 85.1 Å². The van der Waals surface area contributed by atoms with Gasteiger partial charge >= 0.3 is 0 Å². The van der Waals surface area contributed by atoms with Gasteiger partial charge in [0.25, 0.3) is 0 Å². The number of nitrogens with one attached hydrogen (secondary N) is 2. The molecule has 4 aromatic rings. The molecule has 6 rings (SSSR count). The van der Waals surface area contributed by atoms with Crippen molar-refractivity contribution in [1.82, 2.24) is 19.8 Å². The number of nitrogens with zero attached hydrogens (tertiary/aromatic N) is 4. The molecular formula is C34H36F2N6O5. The highest BCUT2D eigenvalue weighted by Crippen LogP contribution is 2.47. The van der Waals surface area contributed by atoms with E-state index in [2.05, 4.69) is 37.4 Å². The predicted octanol–water partition coefficient (Wildman–Crippen LogP) is 5.08. The van der Waals surface area contributed by atoms with Crippen molar-refractivity contribution >= 4 is 34.1 Å². The Labute approximate surface area is 270 Å². The summed E-state index contributed by atoms with van der Waals surface area (Å²) in [6, 6.07) is 12.6. The second-order valence-corrected chi connectivity index (χ2v) is 11.8. The molecule has 0 spiro atoms. The van der Waals surface area contributed by atoms with Crippen molar-refractivity contribution in [1.29, 1.82) is 0 Å². The Hall–Kier alpha value is -4.88. The van der Waals surface area contributed by atoms with Gasteiger partial charge in [0, 0.05) is 56.2 Å². The molecule has 0 unspecified atom stereocenters. The number of amides is 2. The van der Waals surface area contributed by atoms with E-state index < -0.39 is 28.9 Å². The number of carbonyl (C=O) groups excluding carboxylic acids is 2. The van der Waals surface area contributed by atoms with Gasteiger partial charge in [-0.05, 0) is 68.8 Å². The summed E-state index contributed by atoms with van der Waals surface area (Å²) in [7, 11) is 3.67. The fraction of sp³-hybridized carbons (Fsp3) is 0.353. The van der Waals surface area contributed by atoms with Crippen LogP contribution in [0.4, 0.5) is 20.2 Å². The summed E-state index contributed by atoms with van der Waals surface area (Å²) in [5.74, 6) is -1.26. The van der Waals surface area contributed by atoms with Crippen molar-refractivity contribution in [3.05, 3.63) is 72.6 Å². The van der Waals surface area contributed by atoms with Crippen LogP contribution in [0.2, 0.25) is 0 Å². The van der Waals surface area contributed by atoms with E-state index in [4.69, 9.17) is 14.2 Å². The molecule has 1 aliphatic heterocycles. The average molecular weight is 647 g/mol. The van der Waals surface area contributed by atoms with Crippen molar-refractivity contribution < 1.29 is 32.6 Å². The Morgan fingerprint density at radius 3 is 2.26 bits per heavy atom. The Kier molecular flexibility index (Phi) is 9.45. The first-order chi connectivity index (χ1) is 22.7. The number of carbonyl (C=O) groups is 2. The first kappa shape index (κ1) is 32.1. The van der Waals surface area contributed by atoms with Crippen LogP contribution in [-0.2, 0) is 9.59 Å². The van der Waals surface area contributed by atoms with Crippen LogP contribution in [0.15, 0.2) is 60.9 Å². The van der Waals surface area contributed by atoms with Gasteiger partial charge < -0.3 is 34.6 Å². The second-order valence-electron chi connectivity index (χ2n) is 11.8. The molecule has 0 atom stereocenters. The molecule has 2 amide bonds. The van der Waals surface area contributed by atoms with Gasteiger partial charge in [0.15, 0.2) is 23.1 Å². The number of methoxy groups -OCH3 is 1. The zero-order valence-electron chi connectivity index (χ0n) is 26.2. The molecule has 2 aliphatic rings. The molecule has 1 aromatic heterocycles. The number of fused-ring (bicyclic) bond motifs is 1. The summed E-state index contributed by atoms with van der Waals surface area (Å²) >= 11 is 0. The monoisotopic (exact) mass is 646 g/mol. The van der Waals surface area contributed by atoms with Crippen LogP contribution in [0.5, 0.6) is 23.1 Å². The second kappa shape index (κ2) is 13.9. The zero-order chi connectivity index (χ0) is 33.0. The lowest BCUT2D eigenvalue weighted by atomic mass is 10.0. The number of aromatic nitrogens is 2. The number of likely N-dealkylation sites (N-methyl/N-ethyl adjacent to an activating group) is 1. The summed E-state index contributed by atoms with van der Waals surface area (Å²) in [5, 5.41) is 5.77. The number of rotatable bonds is 12. The summed E-state index contributed by atoms with van der Waals surface area (Å²) in [6.45, 7) is 5.69. The molecule has 2 heterocycles. The van der Waals surface area contributed by atoms with E-state index in [1.165, 1.54) is 49.8 Å². The van der Waals surface area contributed by atoms with Crippen molar-refractivity contribution in [2.24, 2.45) is 5.41 Å². The molecule has 0 radical (unpaired) electrons. The number of ether oxygens (including phenoxy) is 3. The predicted molar refractivity (Wildman–Crippen MR) is 172 cm³/mol. The lowest BCUT2D eigenvalue weighted by Gasteiger charge is -2.32. The van der Waals surface area contributed by atoms with Crippen LogP contribution in [0.3, 0.4) is 0 Å². The minimum Gasteiger partial charge on any atom is -0.493 e. The Morgan fingerprint density at radius 1 is 0.872 bits per heavy atom. The average Bonchev–Trinajstić information content (AvgIpc) is 3.89. The van der Waals surface area contributed by atoms with Crippen LogP contribution in [0, 0.1) is 17.0 Å². The molecule has 2 N–H and O–H groups in total. The van der Waals surface area contributed by atoms with Crippen molar-refractivity contribution in [2.75, 3.05) is 64.1 Å². The number of piperazine rings is 1. The minimum atomic E-state index is -1.29. The van der Waals surface area contributed by atoms with Crippen LogP contribution in [0.1, 0.15) is 19.3 Å². The van der Waals surface area contributed by atoms with Gasteiger partial charge in [-0.25, -0.2) is 18.7 Å². The standard InChI is InChI=1S/C34H36F2N6O5/c1-41-13-15-42(16-14-41)12-3-17-46-30-20-27-25(19-29(30)45-2)31(38-21-37-27)47-28-9-8-24(18-26(28)36)40-33(44)34(10-11-34)32(43)39-23-6-4-22(35)5-7-23/h4-9,18-21H,3,10-17H2,1-2H3,(H,39,43)(H,40,44). The summed E-state index contributed by atoms with van der Waals surface area (Å²) in [6.07, 6.45) is 2.86. The topological polar surface area (TPSA) is 118 Å². The van der Waals surface area contributed by atoms with Gasteiger partial charge in [0.1, 0.15) is 17.6 Å². The molecular weight excluding hydrogens is 610 g/mol. The van der Waals surface area contributed by atoms with Crippen LogP contribution < -0.4 is 24.8 Å². The van der Waals surface area contributed by atoms with Gasteiger partial charge in [-0.15, -0.1) is 0 Å². The fourth-order valence-corrected chi connectivity index (χ4v) is 5.42. The normalized spacial score (nSPS) is 16.0. The highest BCUT2D eigenvalue weighted by molar-refractivity contribution is 6.16. The van der Waals surface area contributed by atoms with Crippen LogP contribution >= 0.6 is 0 Å². The minimum absolute atomic E-state index is 0.111. The molecule has 1 saturated heterocycles. The number of halogens is 2. The molecule has 0 bridgehead atoms. The molecule has 1 saturated carbocycles. The molecule has 13 heteroatoms. The van der Waals surface area contributed by atoms with Crippen molar-refractivity contribution in [3.8, 4) is 23.1 Å². The first-order valence-corrected chi connectivity index (χ1v) is 15.5. The van der Waals surface area contributed by atoms with Gasteiger partial charge in [-0.1, -0.05) is 0 Å². The zero-order valence-corrected chi connectivity index (χ0v) is 26.2. The molecule has 3 aromatic carbocycles. The quantitative estimate of drug-likeness (QED) is 0.161. The third-order valence-electron chi connectivity index (χ3n) is 8.47. The Bertz CT molecular complexity index is 1760. The highest BCUT2D eigenvalue weighted by Gasteiger charge is 2.56. The molecule has 2 fully saturated rings. The highest BCUT2D eigenvalue weighted by atomic mass is 19.1. The maximum Gasteiger partial charge on any atom is 0.240 e. The van der Waals surface area contributed by atoms with E-state index in [0.29, 0.717) is 47.5 Å². The Morgan fingerprint density at radius 2 is 1.57 bits per heavy atom. The lowest BCUT2D eigenvalue weighted by Crippen LogP contribution is -2.44. The summed E-state index contributed by atoms with van der Waals surface area (Å²) < 4.78 is 45.9. The van der Waals surface area contributed by atoms with E-state index in [0.717, 1.165) is 45.2 Å². The third-order valence-corrected chi connectivity index (χ3v) is 8.47. The fourth-order valence-electron chi connectivity index (χ4n) is 5.42. The van der Waals surface area contributed by atoms with E-state index in [9.17, 15) is 14.0 Å². The molecule has 1 aliphatic carbocycles. The first-order valence-electron chi connectivity index (χ1n) is 15.5. The number of anilines is 2. The van der Waals surface area contributed by atoms with Gasteiger partial charge in [-0.2, -0.15) is 0 Å². The SMILES string of the molecule is COc1cc2c(Oc3ccc(NC(=O)C4(C(=O)Nc5ccc(F)cc5)CC4)cc3F)ncnc2cc1OCCCN1CCN(C)CC1. The van der Waals surface area contributed by atoms with Gasteiger partial charge in [0.2, 0.25) is 17.7 Å². The van der Waals surface area contributed by atoms with Crippen molar-refractivity contribution in [3.63, 3.8) is 0 Å². The van der Waals surface area contributed by atoms with Gasteiger partial charge in [-0.3, -0.25) is 9.59 Å². The Balaban J connectivity index is 1.09. The maximum atomic E-state index is 15.2. The summed E-state index contributed by atoms with van der Waals surface area (Å²) in [5.41, 5.74) is -0.225. The van der Waals surface area contributed by atoms with E-state index in [1.807, 2.05) is 0 Å². The van der Waals surface area contributed by atoms with E-state index >= 15 is 4.39 Å². The number of hydrogen-bond donors (Lipinski definition) is 2.